The summed E-state index contributed by atoms with van der Waals surface area (Å²) >= 11 is 0. The quantitative estimate of drug-likeness (QED) is 0.285. The van der Waals surface area contributed by atoms with Crippen molar-refractivity contribution in [1.82, 2.24) is 0 Å². The second-order valence-corrected chi connectivity index (χ2v) is 14.8. The maximum absolute atomic E-state index is 13.7. The number of fused-ring (bicyclic) bond motifs is 4. The number of rotatable bonds is 4. The second-order valence-electron chi connectivity index (χ2n) is 14.8. The highest BCUT2D eigenvalue weighted by atomic mass is 16.7. The third-order valence-electron chi connectivity index (χ3n) is 12.6. The third-order valence-corrected chi connectivity index (χ3v) is 12.6. The highest BCUT2D eigenvalue weighted by Gasteiger charge is 2.82. The summed E-state index contributed by atoms with van der Waals surface area (Å²) in [6, 6.07) is 0. The van der Waals surface area contributed by atoms with Crippen LogP contribution in [0.2, 0.25) is 0 Å². The standard InChI is InChI=1S/C32H44O10/c1-15-27(36)41-25(14-29(15,5)37)31(7,38)26-21(39-16(2)33)13-20-18-12-24-32(42-24)23(40-17(3)34)9-8-22(35)30(32,6)19(18)10-11-28(20,26)4/h8-9,15,18-21,23-26,37-38H,10-14H2,1-7H3/t15-,18+,19-,20-,21-,23-,24+,25+,26-,28-,29+,30-,31-,32+/m0/s1. The normalized spacial score (nSPS) is 52.1. The molecule has 2 aliphatic heterocycles. The number of hydrogen-bond donors (Lipinski definition) is 2. The van der Waals surface area contributed by atoms with Crippen LogP contribution in [0.3, 0.4) is 0 Å². The third kappa shape index (κ3) is 3.79. The van der Waals surface area contributed by atoms with Crippen molar-refractivity contribution in [3.05, 3.63) is 12.2 Å². The Balaban J connectivity index is 1.37. The van der Waals surface area contributed by atoms with Crippen LogP contribution in [-0.2, 0) is 38.1 Å². The molecule has 0 bridgehead atoms. The van der Waals surface area contributed by atoms with E-state index in [1.807, 2.05) is 6.92 Å². The van der Waals surface area contributed by atoms with E-state index in [2.05, 4.69) is 6.92 Å². The lowest BCUT2D eigenvalue weighted by Gasteiger charge is -2.59. The number of hydrogen-bond acceptors (Lipinski definition) is 10. The van der Waals surface area contributed by atoms with Gasteiger partial charge in [0.2, 0.25) is 0 Å². The van der Waals surface area contributed by atoms with Crippen molar-refractivity contribution in [3.63, 3.8) is 0 Å². The fourth-order valence-electron chi connectivity index (χ4n) is 10.4. The van der Waals surface area contributed by atoms with Crippen molar-refractivity contribution in [2.45, 2.75) is 122 Å². The van der Waals surface area contributed by atoms with E-state index in [1.165, 1.54) is 19.9 Å². The smallest absolute Gasteiger partial charge is 0.311 e. The predicted molar refractivity (Wildman–Crippen MR) is 146 cm³/mol. The number of aliphatic hydroxyl groups is 2. The summed E-state index contributed by atoms with van der Waals surface area (Å²) in [7, 11) is 0. The number of epoxide rings is 1. The molecule has 14 atom stereocenters. The Labute approximate surface area is 246 Å². The van der Waals surface area contributed by atoms with Crippen molar-refractivity contribution < 1.29 is 48.3 Å². The Kier molecular flexibility index (Phi) is 6.46. The summed E-state index contributed by atoms with van der Waals surface area (Å²) < 4.78 is 23.7. The molecular formula is C32H44O10. The number of esters is 3. The van der Waals surface area contributed by atoms with Gasteiger partial charge in [-0.05, 0) is 88.7 Å². The van der Waals surface area contributed by atoms with Crippen LogP contribution in [0.4, 0.5) is 0 Å². The van der Waals surface area contributed by atoms with Gasteiger partial charge in [-0.3, -0.25) is 19.2 Å². The fourth-order valence-corrected chi connectivity index (χ4v) is 10.4. The van der Waals surface area contributed by atoms with Gasteiger partial charge in [0.25, 0.3) is 0 Å². The minimum absolute atomic E-state index is 0.0266. The molecular weight excluding hydrogens is 544 g/mol. The first-order valence-electron chi connectivity index (χ1n) is 15.3. The largest absolute Gasteiger partial charge is 0.462 e. The summed E-state index contributed by atoms with van der Waals surface area (Å²) in [5.41, 5.74) is -5.30. The Morgan fingerprint density at radius 3 is 2.36 bits per heavy atom. The van der Waals surface area contributed by atoms with Crippen molar-refractivity contribution in [3.8, 4) is 0 Å². The van der Waals surface area contributed by atoms with E-state index in [0.29, 0.717) is 25.7 Å². The molecule has 0 radical (unpaired) electrons. The number of cyclic esters (lactones) is 1. The minimum atomic E-state index is -1.61. The van der Waals surface area contributed by atoms with E-state index in [-0.39, 0.29) is 36.1 Å². The van der Waals surface area contributed by atoms with E-state index >= 15 is 0 Å². The zero-order valence-electron chi connectivity index (χ0n) is 25.5. The molecule has 42 heavy (non-hydrogen) atoms. The molecule has 10 nitrogen and oxygen atoms in total. The maximum atomic E-state index is 13.7. The van der Waals surface area contributed by atoms with Crippen molar-refractivity contribution in [2.75, 3.05) is 0 Å². The van der Waals surface area contributed by atoms with Crippen LogP contribution < -0.4 is 0 Å². The monoisotopic (exact) mass is 588 g/mol. The van der Waals surface area contributed by atoms with Crippen molar-refractivity contribution >= 4 is 23.7 Å². The molecule has 0 aromatic rings. The van der Waals surface area contributed by atoms with Gasteiger partial charge in [-0.25, -0.2) is 0 Å². The number of ether oxygens (including phenoxy) is 4. The summed E-state index contributed by atoms with van der Waals surface area (Å²) in [6.45, 7) is 11.6. The van der Waals surface area contributed by atoms with Crippen LogP contribution in [0.25, 0.3) is 0 Å². The molecule has 1 spiro atoms. The molecule has 6 rings (SSSR count). The Morgan fingerprint density at radius 2 is 1.74 bits per heavy atom. The molecule has 6 aliphatic rings. The molecule has 2 saturated heterocycles. The summed E-state index contributed by atoms with van der Waals surface area (Å²) in [5.74, 6) is -2.89. The van der Waals surface area contributed by atoms with Crippen molar-refractivity contribution in [2.24, 2.45) is 40.4 Å². The lowest BCUT2D eigenvalue weighted by Crippen LogP contribution is -2.65. The van der Waals surface area contributed by atoms with Crippen molar-refractivity contribution in [1.29, 1.82) is 0 Å². The summed E-state index contributed by atoms with van der Waals surface area (Å²) in [6.07, 6.45) is 3.12. The summed E-state index contributed by atoms with van der Waals surface area (Å²) in [5, 5.41) is 23.3. The van der Waals surface area contributed by atoms with E-state index in [0.717, 1.165) is 0 Å². The van der Waals surface area contributed by atoms with Crippen LogP contribution in [0.5, 0.6) is 0 Å². The molecule has 2 N–H and O–H groups in total. The average Bonchev–Trinajstić information content (AvgIpc) is 3.52. The Morgan fingerprint density at radius 1 is 1.07 bits per heavy atom. The van der Waals surface area contributed by atoms with Crippen LogP contribution in [0.15, 0.2) is 12.2 Å². The first kappa shape index (κ1) is 29.8. The first-order valence-corrected chi connectivity index (χ1v) is 15.3. The van der Waals surface area contributed by atoms with Crippen LogP contribution >= 0.6 is 0 Å². The van der Waals surface area contributed by atoms with Crippen LogP contribution in [-0.4, -0.2) is 75.1 Å². The van der Waals surface area contributed by atoms with Gasteiger partial charge in [0.05, 0.1) is 23.0 Å². The average molecular weight is 589 g/mol. The zero-order valence-corrected chi connectivity index (χ0v) is 25.5. The van der Waals surface area contributed by atoms with Crippen LogP contribution in [0.1, 0.15) is 80.6 Å². The highest BCUT2D eigenvalue weighted by molar-refractivity contribution is 5.98. The van der Waals surface area contributed by atoms with E-state index in [4.69, 9.17) is 18.9 Å². The predicted octanol–water partition coefficient (Wildman–Crippen LogP) is 2.66. The fraction of sp³-hybridized carbons (Fsp3) is 0.812. The molecule has 0 aromatic carbocycles. The molecule has 0 unspecified atom stereocenters. The number of carbonyl (C=O) groups excluding carboxylic acids is 4. The topological polar surface area (TPSA) is 149 Å². The Hall–Kier alpha value is -2.30. The molecule has 0 aromatic heterocycles. The van der Waals surface area contributed by atoms with Gasteiger partial charge in [-0.2, -0.15) is 0 Å². The van der Waals surface area contributed by atoms with Crippen LogP contribution in [0, 0.1) is 40.4 Å². The first-order chi connectivity index (χ1) is 19.4. The lowest BCUT2D eigenvalue weighted by atomic mass is 9.44. The van der Waals surface area contributed by atoms with Gasteiger partial charge in [0.1, 0.15) is 23.4 Å². The molecule has 232 valence electrons. The van der Waals surface area contributed by atoms with Gasteiger partial charge in [0.15, 0.2) is 11.9 Å². The van der Waals surface area contributed by atoms with Gasteiger partial charge in [-0.1, -0.05) is 6.92 Å². The maximum Gasteiger partial charge on any atom is 0.311 e. The Bertz CT molecular complexity index is 1250. The van der Waals surface area contributed by atoms with E-state index in [1.54, 1.807) is 26.8 Å². The summed E-state index contributed by atoms with van der Waals surface area (Å²) in [4.78, 5) is 50.8. The highest BCUT2D eigenvalue weighted by Crippen LogP contribution is 2.74. The van der Waals surface area contributed by atoms with E-state index < -0.39 is 75.7 Å². The number of allylic oxidation sites excluding steroid dienone is 1. The van der Waals surface area contributed by atoms with Gasteiger partial charge in [-0.15, -0.1) is 0 Å². The minimum Gasteiger partial charge on any atom is -0.462 e. The molecule has 10 heteroatoms. The van der Waals surface area contributed by atoms with Gasteiger partial charge >= 0.3 is 17.9 Å². The molecule has 5 fully saturated rings. The molecule has 2 heterocycles. The molecule has 4 aliphatic carbocycles. The number of ketones is 1. The molecule has 3 saturated carbocycles. The van der Waals surface area contributed by atoms with Gasteiger partial charge < -0.3 is 29.2 Å². The second kappa shape index (κ2) is 9.11. The SMILES string of the molecule is CC(=O)O[C@H]1C[C@H]2[C@@H]3C[C@H]4O[C@]45[C@@H](OC(C)=O)C=CC(=O)[C@]5(C)[C@H]3CC[C@]2(C)[C@H]1[C@@](C)(O)[C@H]1C[C@@](C)(O)[C@@H](C)C(=O)O1. The van der Waals surface area contributed by atoms with Gasteiger partial charge in [0, 0.05) is 26.2 Å². The number of carbonyl (C=O) groups is 4. The zero-order chi connectivity index (χ0) is 30.8. The lowest BCUT2D eigenvalue weighted by molar-refractivity contribution is -0.228. The molecule has 0 amide bonds. The van der Waals surface area contributed by atoms with E-state index in [9.17, 15) is 29.4 Å².